The Bertz CT molecular complexity index is 2370. The number of aliphatic hydroxyl groups is 1. The van der Waals surface area contributed by atoms with Crippen molar-refractivity contribution in [2.24, 2.45) is 11.8 Å². The summed E-state index contributed by atoms with van der Waals surface area (Å²) in [6, 6.07) is 34.8. The van der Waals surface area contributed by atoms with Gasteiger partial charge in [-0.3, -0.25) is 19.4 Å². The average molecular weight is 783 g/mol. The fourth-order valence-electron chi connectivity index (χ4n) is 8.17. The van der Waals surface area contributed by atoms with Gasteiger partial charge >= 0.3 is 11.9 Å². The smallest absolute Gasteiger partial charge is 0.338 e. The zero-order valence-electron chi connectivity index (χ0n) is 31.2. The molecule has 2 aliphatic carbocycles. The maximum atomic E-state index is 12.6. The molecule has 2 amide bonds. The number of hydrogen-bond acceptors (Lipinski definition) is 8. The van der Waals surface area contributed by atoms with Gasteiger partial charge in [-0.15, -0.1) is 0 Å². The van der Waals surface area contributed by atoms with Crippen molar-refractivity contribution in [2.75, 3.05) is 9.80 Å². The van der Waals surface area contributed by atoms with Crippen molar-refractivity contribution in [2.45, 2.75) is 50.6 Å². The number of aliphatic hydroxyl groups excluding tert-OH is 1. The van der Waals surface area contributed by atoms with Gasteiger partial charge < -0.3 is 19.3 Å². The number of anilines is 2. The van der Waals surface area contributed by atoms with Crippen molar-refractivity contribution in [1.82, 2.24) is 0 Å². The maximum Gasteiger partial charge on any atom is 0.338 e. The third-order valence-electron chi connectivity index (χ3n) is 11.0. The molecule has 11 heteroatoms. The van der Waals surface area contributed by atoms with Crippen molar-refractivity contribution >= 4 is 46.7 Å². The molecule has 288 valence electrons. The van der Waals surface area contributed by atoms with E-state index in [1.54, 1.807) is 35.8 Å². The van der Waals surface area contributed by atoms with Crippen LogP contribution in [-0.2, 0) is 46.2 Å². The molecular weight excluding hydrogens is 744 g/mol. The summed E-state index contributed by atoms with van der Waals surface area (Å²) >= 11 is 6.03. The Kier molecular flexibility index (Phi) is 10.3. The molecule has 0 aromatic heterocycles. The number of ether oxygens (including phenoxy) is 3. The van der Waals surface area contributed by atoms with E-state index < -0.39 is 6.23 Å². The summed E-state index contributed by atoms with van der Waals surface area (Å²) in [5.41, 5.74) is 8.04. The summed E-state index contributed by atoms with van der Waals surface area (Å²) in [6.45, 7) is 3.54. The molecule has 0 saturated carbocycles. The first-order valence-electron chi connectivity index (χ1n) is 18.7. The van der Waals surface area contributed by atoms with Crippen LogP contribution in [0.25, 0.3) is 0 Å². The van der Waals surface area contributed by atoms with Gasteiger partial charge in [0.1, 0.15) is 17.7 Å². The predicted octanol–water partition coefficient (Wildman–Crippen LogP) is 8.12. The monoisotopic (exact) mass is 782 g/mol. The van der Waals surface area contributed by atoms with Gasteiger partial charge in [-0.1, -0.05) is 96.5 Å². The molecule has 6 unspecified atom stereocenters. The number of carbonyl (C=O) groups is 4. The second-order valence-electron chi connectivity index (χ2n) is 14.4. The van der Waals surface area contributed by atoms with Gasteiger partial charge in [0, 0.05) is 34.4 Å². The molecular formula is C46H39ClN2O8. The van der Waals surface area contributed by atoms with Crippen LogP contribution in [0.1, 0.15) is 48.3 Å². The fourth-order valence-corrected chi connectivity index (χ4v) is 8.56. The minimum atomic E-state index is -0.585. The number of para-hydroxylation sites is 2. The number of rotatable bonds is 4. The normalized spacial score (nSPS) is 26.4. The van der Waals surface area contributed by atoms with Crippen LogP contribution >= 0.6 is 11.6 Å². The molecule has 0 spiro atoms. The molecule has 0 bridgehead atoms. The molecule has 10 nitrogen and oxygen atoms in total. The SMILES string of the molecule is CC1=CC(Cl)N(c2ccccc2)C1=O.CC1=CC(O/C=C2/C(=O)OC3c4ccccc4CC23)N(c2ccccc2)C1=O.O=C1OC2c3ccccc3CC2/C1=C\O. The van der Waals surface area contributed by atoms with Crippen LogP contribution in [0, 0.1) is 11.8 Å². The topological polar surface area (TPSA) is 123 Å². The molecule has 57 heavy (non-hydrogen) atoms. The van der Waals surface area contributed by atoms with Crippen LogP contribution in [0.5, 0.6) is 0 Å². The van der Waals surface area contributed by atoms with Gasteiger partial charge in [-0.2, -0.15) is 0 Å². The standard InChI is InChI=1S/C23H19NO4.C12H10O3.C11H10ClNO/c1-14-11-20(24(22(14)25)16-8-3-2-4-9-16)27-13-19-18-12-15-7-5-6-10-17(15)21(18)28-23(19)26;13-6-10-9-5-7-3-1-2-4-8(7)11(9)15-12(10)14;1-8-7-10(12)13(11(8)14)9-5-3-2-4-6-9/h2-11,13,18,20-21H,12H2,1H3;1-4,6,9,11,13H,5H2;2-7,10H,1H3/b19-13+;10-6+;. The first-order valence-corrected chi connectivity index (χ1v) is 19.1. The fraction of sp³-hybridized carbons (Fsp3) is 0.217. The molecule has 1 N–H and O–H groups in total. The van der Waals surface area contributed by atoms with Crippen molar-refractivity contribution in [1.29, 1.82) is 0 Å². The van der Waals surface area contributed by atoms with Crippen LogP contribution in [0.15, 0.2) is 156 Å². The van der Waals surface area contributed by atoms with E-state index >= 15 is 0 Å². The predicted molar refractivity (Wildman–Crippen MR) is 214 cm³/mol. The lowest BCUT2D eigenvalue weighted by Crippen LogP contribution is -2.35. The number of hydrogen-bond donors (Lipinski definition) is 1. The highest BCUT2D eigenvalue weighted by Crippen LogP contribution is 2.49. The number of carbonyl (C=O) groups excluding carboxylic acids is 4. The van der Waals surface area contributed by atoms with E-state index in [1.165, 1.54) is 17.4 Å². The lowest BCUT2D eigenvalue weighted by Gasteiger charge is -2.24. The van der Waals surface area contributed by atoms with Gasteiger partial charge in [0.15, 0.2) is 6.23 Å². The summed E-state index contributed by atoms with van der Waals surface area (Å²) in [5.74, 6) is -0.897. The van der Waals surface area contributed by atoms with E-state index in [4.69, 9.17) is 30.9 Å². The Morgan fingerprint density at radius 3 is 1.61 bits per heavy atom. The Labute approximate surface area is 334 Å². The number of fused-ring (bicyclic) bond motifs is 6. The molecule has 6 aliphatic rings. The van der Waals surface area contributed by atoms with E-state index in [-0.39, 0.29) is 53.3 Å². The minimum absolute atomic E-state index is 0.0000926. The highest BCUT2D eigenvalue weighted by Gasteiger charge is 2.47. The van der Waals surface area contributed by atoms with Crippen molar-refractivity contribution in [3.8, 4) is 0 Å². The number of halogens is 1. The van der Waals surface area contributed by atoms with Crippen molar-refractivity contribution in [3.63, 3.8) is 0 Å². The average Bonchev–Trinajstić information content (AvgIpc) is 4.04. The minimum Gasteiger partial charge on any atom is -0.515 e. The summed E-state index contributed by atoms with van der Waals surface area (Å²) in [5, 5.41) is 9.00. The zero-order chi connectivity index (χ0) is 39.8. The zero-order valence-corrected chi connectivity index (χ0v) is 31.9. The maximum absolute atomic E-state index is 12.6. The Hall–Kier alpha value is -6.39. The third-order valence-corrected chi connectivity index (χ3v) is 11.3. The van der Waals surface area contributed by atoms with Gasteiger partial charge in [0.25, 0.3) is 11.8 Å². The lowest BCUT2D eigenvalue weighted by atomic mass is 9.98. The second-order valence-corrected chi connectivity index (χ2v) is 14.9. The first-order chi connectivity index (χ1) is 27.6. The molecule has 10 rings (SSSR count). The quantitative estimate of drug-likeness (QED) is 0.0725. The summed E-state index contributed by atoms with van der Waals surface area (Å²) < 4.78 is 16.8. The summed E-state index contributed by atoms with van der Waals surface area (Å²) in [6.07, 6.45) is 6.42. The molecule has 0 radical (unpaired) electrons. The van der Waals surface area contributed by atoms with Gasteiger partial charge in [-0.05, 0) is 85.4 Å². The molecule has 4 heterocycles. The second kappa shape index (κ2) is 15.6. The summed E-state index contributed by atoms with van der Waals surface area (Å²) in [7, 11) is 0. The molecule has 2 fully saturated rings. The molecule has 2 saturated heterocycles. The molecule has 4 aromatic rings. The van der Waals surface area contributed by atoms with E-state index in [0.717, 1.165) is 41.6 Å². The largest absolute Gasteiger partial charge is 0.515 e. The van der Waals surface area contributed by atoms with E-state index in [1.807, 2.05) is 103 Å². The van der Waals surface area contributed by atoms with E-state index in [0.29, 0.717) is 22.3 Å². The van der Waals surface area contributed by atoms with Crippen LogP contribution in [0.3, 0.4) is 0 Å². The van der Waals surface area contributed by atoms with Crippen molar-refractivity contribution in [3.05, 3.63) is 178 Å². The van der Waals surface area contributed by atoms with Crippen LogP contribution in [0.4, 0.5) is 11.4 Å². The van der Waals surface area contributed by atoms with Crippen LogP contribution in [0.2, 0.25) is 0 Å². The highest BCUT2D eigenvalue weighted by molar-refractivity contribution is 6.29. The lowest BCUT2D eigenvalue weighted by molar-refractivity contribution is -0.140. The van der Waals surface area contributed by atoms with Crippen LogP contribution in [-0.4, -0.2) is 40.6 Å². The number of nitrogens with zero attached hydrogens (tertiary/aromatic N) is 2. The highest BCUT2D eigenvalue weighted by atomic mass is 35.5. The number of benzene rings is 4. The Morgan fingerprint density at radius 1 is 0.632 bits per heavy atom. The van der Waals surface area contributed by atoms with Gasteiger partial charge in [0.05, 0.1) is 23.7 Å². The summed E-state index contributed by atoms with van der Waals surface area (Å²) in [4.78, 5) is 51.2. The number of amides is 2. The number of esters is 2. The van der Waals surface area contributed by atoms with Gasteiger partial charge in [0.2, 0.25) is 0 Å². The third kappa shape index (κ3) is 7.02. The van der Waals surface area contributed by atoms with Crippen LogP contribution < -0.4 is 9.80 Å². The molecule has 4 aliphatic heterocycles. The van der Waals surface area contributed by atoms with E-state index in [9.17, 15) is 19.2 Å². The van der Waals surface area contributed by atoms with Crippen molar-refractivity contribution < 1.29 is 38.5 Å². The Morgan fingerprint density at radius 2 is 1.09 bits per heavy atom. The number of alkyl halides is 1. The Balaban J connectivity index is 0.000000132. The molecule has 4 aromatic carbocycles. The first kappa shape index (κ1) is 37.5. The molecule has 6 atom stereocenters. The van der Waals surface area contributed by atoms with Gasteiger partial charge in [-0.25, -0.2) is 9.59 Å². The van der Waals surface area contributed by atoms with E-state index in [2.05, 4.69) is 6.07 Å².